The molecule has 3 saturated heterocycles. The van der Waals surface area contributed by atoms with Gasteiger partial charge in [0.2, 0.25) is 0 Å². The highest BCUT2D eigenvalue weighted by molar-refractivity contribution is 5.89. The molecule has 1 spiro atoms. The lowest BCUT2D eigenvalue weighted by Gasteiger charge is -2.42. The molecule has 0 unspecified atom stereocenters. The molecule has 0 radical (unpaired) electrons. The number of aliphatic hydroxyl groups excluding tert-OH is 1. The first-order valence-electron chi connectivity index (χ1n) is 15.3. The van der Waals surface area contributed by atoms with Gasteiger partial charge in [0.1, 0.15) is 41.7 Å². The Kier molecular flexibility index (Phi) is 8.39. The van der Waals surface area contributed by atoms with Crippen molar-refractivity contribution in [3.8, 4) is 0 Å². The Labute approximate surface area is 257 Å². The number of carbonyl (C=O) groups is 4. The van der Waals surface area contributed by atoms with E-state index in [0.29, 0.717) is 12.0 Å². The average molecular weight is 617 g/mol. The Hall–Kier alpha value is -3.02. The molecule has 1 aromatic carbocycles. The lowest BCUT2D eigenvalue weighted by Crippen LogP contribution is -2.53. The number of benzene rings is 1. The van der Waals surface area contributed by atoms with Gasteiger partial charge in [0.05, 0.1) is 23.7 Å². The Balaban J connectivity index is 1.66. The molecule has 3 aliphatic heterocycles. The summed E-state index contributed by atoms with van der Waals surface area (Å²) in [4.78, 5) is 50.7. The second-order valence-electron chi connectivity index (χ2n) is 13.8. The monoisotopic (exact) mass is 616 g/mol. The molecule has 0 amide bonds. The van der Waals surface area contributed by atoms with E-state index < -0.39 is 95.1 Å². The number of carbonyl (C=O) groups excluding carboxylic acids is 4. The highest BCUT2D eigenvalue weighted by Gasteiger charge is 2.77. The molecule has 2 bridgehead atoms. The molecule has 0 aromatic heterocycles. The van der Waals surface area contributed by atoms with Crippen LogP contribution in [0, 0.1) is 23.2 Å². The molecule has 11 heteroatoms. The van der Waals surface area contributed by atoms with Crippen LogP contribution in [-0.2, 0) is 42.8 Å². The van der Waals surface area contributed by atoms with Crippen LogP contribution in [-0.4, -0.2) is 82.9 Å². The number of ether oxygens (including phenoxy) is 6. The Morgan fingerprint density at radius 3 is 2.02 bits per heavy atom. The zero-order chi connectivity index (χ0) is 32.4. The Morgan fingerprint density at radius 2 is 1.43 bits per heavy atom. The van der Waals surface area contributed by atoms with Gasteiger partial charge in [0.25, 0.3) is 0 Å². The Morgan fingerprint density at radius 1 is 0.841 bits per heavy atom. The van der Waals surface area contributed by atoms with Crippen LogP contribution in [0.2, 0.25) is 0 Å². The number of hydrogen-bond donors (Lipinski definition) is 1. The molecule has 4 fully saturated rings. The zero-order valence-electron chi connectivity index (χ0n) is 26.6. The van der Waals surface area contributed by atoms with Gasteiger partial charge >= 0.3 is 23.9 Å². The fourth-order valence-corrected chi connectivity index (χ4v) is 8.03. The second-order valence-corrected chi connectivity index (χ2v) is 13.8. The molecule has 5 rings (SSSR count). The number of esters is 4. The van der Waals surface area contributed by atoms with Crippen molar-refractivity contribution >= 4 is 23.9 Å². The largest absolute Gasteiger partial charge is 0.462 e. The molecule has 242 valence electrons. The first-order chi connectivity index (χ1) is 20.5. The van der Waals surface area contributed by atoms with Crippen LogP contribution < -0.4 is 0 Å². The van der Waals surface area contributed by atoms with Crippen molar-refractivity contribution in [1.82, 2.24) is 0 Å². The predicted octanol–water partition coefficient (Wildman–Crippen LogP) is 3.39. The van der Waals surface area contributed by atoms with E-state index in [9.17, 15) is 24.3 Å². The van der Waals surface area contributed by atoms with E-state index in [4.69, 9.17) is 28.4 Å². The summed E-state index contributed by atoms with van der Waals surface area (Å²) >= 11 is 0. The standard InChI is InChI=1S/C33H44O11/c1-16-15-33-24(25(16)42-30(38)21-12-10-9-11-13-21)29-32(8,44-29)23(40-19(4)35)14-22(39-18(3)34)31(6,7)27(37)26(43-33)17(2)28(33)41-20(5)36/h9-13,16-17,22-29,37H,14-15H2,1-8H3/t16-,17-,22+,23+,24+,25-,26+,27-,28-,29+,32+,33+/m0/s1. The third-order valence-electron chi connectivity index (χ3n) is 10.3. The van der Waals surface area contributed by atoms with Crippen molar-refractivity contribution in [2.45, 2.75) is 122 Å². The normalized spacial score (nSPS) is 42.1. The third-order valence-corrected chi connectivity index (χ3v) is 10.3. The molecule has 3 heterocycles. The van der Waals surface area contributed by atoms with Gasteiger partial charge in [-0.25, -0.2) is 4.79 Å². The molecule has 1 saturated carbocycles. The van der Waals surface area contributed by atoms with Gasteiger partial charge in [-0.15, -0.1) is 0 Å². The minimum Gasteiger partial charge on any atom is -0.462 e. The lowest BCUT2D eigenvalue weighted by atomic mass is 9.70. The highest BCUT2D eigenvalue weighted by atomic mass is 16.7. The number of aliphatic hydroxyl groups is 1. The quantitative estimate of drug-likeness (QED) is 0.295. The third kappa shape index (κ3) is 5.41. The van der Waals surface area contributed by atoms with E-state index in [-0.39, 0.29) is 12.3 Å². The molecular weight excluding hydrogens is 572 g/mol. The number of fused-ring (bicyclic) bond motifs is 3. The van der Waals surface area contributed by atoms with Gasteiger partial charge in [0.15, 0.2) is 0 Å². The fourth-order valence-electron chi connectivity index (χ4n) is 8.03. The van der Waals surface area contributed by atoms with E-state index >= 15 is 0 Å². The van der Waals surface area contributed by atoms with Crippen LogP contribution in [0.5, 0.6) is 0 Å². The maximum absolute atomic E-state index is 13.4. The fraction of sp³-hybridized carbons (Fsp3) is 0.697. The van der Waals surface area contributed by atoms with Crippen LogP contribution in [0.1, 0.15) is 78.6 Å². The molecular formula is C33H44O11. The van der Waals surface area contributed by atoms with Crippen molar-refractivity contribution in [3.05, 3.63) is 35.9 Å². The Bertz CT molecular complexity index is 1300. The van der Waals surface area contributed by atoms with Gasteiger partial charge in [-0.1, -0.05) is 45.9 Å². The number of hydrogen-bond acceptors (Lipinski definition) is 11. The van der Waals surface area contributed by atoms with Gasteiger partial charge in [-0.2, -0.15) is 0 Å². The molecule has 1 N–H and O–H groups in total. The number of epoxide rings is 1. The summed E-state index contributed by atoms with van der Waals surface area (Å²) in [5.74, 6) is -3.54. The van der Waals surface area contributed by atoms with Crippen molar-refractivity contribution < 1.29 is 52.7 Å². The summed E-state index contributed by atoms with van der Waals surface area (Å²) in [5, 5.41) is 12.0. The van der Waals surface area contributed by atoms with E-state index in [1.54, 1.807) is 51.1 Å². The van der Waals surface area contributed by atoms with E-state index in [0.717, 1.165) is 0 Å². The summed E-state index contributed by atoms with van der Waals surface area (Å²) in [7, 11) is 0. The smallest absolute Gasteiger partial charge is 0.338 e. The lowest BCUT2D eigenvalue weighted by molar-refractivity contribution is -0.190. The predicted molar refractivity (Wildman–Crippen MR) is 154 cm³/mol. The molecule has 11 nitrogen and oxygen atoms in total. The van der Waals surface area contributed by atoms with Crippen molar-refractivity contribution in [2.24, 2.45) is 23.2 Å². The molecule has 4 aliphatic rings. The highest BCUT2D eigenvalue weighted by Crippen LogP contribution is 2.63. The molecule has 12 atom stereocenters. The minimum absolute atomic E-state index is 0.0500. The molecule has 1 aliphatic carbocycles. The molecule has 44 heavy (non-hydrogen) atoms. The SMILES string of the molecule is CC(=O)O[C@@H]1C[C@@H](OC(C)=O)[C@@]2(C)O[C@@H]2[C@H]2[C@@H](OC(=O)c3ccccc3)[C@@H](C)C[C@@]23O[C@H]([C@H](C)[C@@H]3OC(C)=O)[C@H](O)C1(C)C. The summed E-state index contributed by atoms with van der Waals surface area (Å²) in [6, 6.07) is 8.64. The van der Waals surface area contributed by atoms with Gasteiger partial charge in [0, 0.05) is 38.5 Å². The van der Waals surface area contributed by atoms with Gasteiger partial charge in [-0.05, 0) is 31.4 Å². The summed E-state index contributed by atoms with van der Waals surface area (Å²) in [5.41, 5.74) is -3.02. The zero-order valence-corrected chi connectivity index (χ0v) is 26.6. The van der Waals surface area contributed by atoms with E-state index in [2.05, 4.69) is 0 Å². The first-order valence-corrected chi connectivity index (χ1v) is 15.3. The second kappa shape index (κ2) is 11.4. The topological polar surface area (TPSA) is 147 Å². The minimum atomic E-state index is -1.21. The number of rotatable bonds is 5. The molecule has 1 aromatic rings. The van der Waals surface area contributed by atoms with Crippen molar-refractivity contribution in [2.75, 3.05) is 0 Å². The van der Waals surface area contributed by atoms with Crippen LogP contribution in [0.4, 0.5) is 0 Å². The summed E-state index contributed by atoms with van der Waals surface area (Å²) in [6.45, 7) is 13.0. The first kappa shape index (κ1) is 32.4. The maximum Gasteiger partial charge on any atom is 0.338 e. The average Bonchev–Trinajstić information content (AvgIpc) is 3.45. The van der Waals surface area contributed by atoms with Gasteiger partial charge < -0.3 is 33.5 Å². The van der Waals surface area contributed by atoms with Gasteiger partial charge in [-0.3, -0.25) is 14.4 Å². The van der Waals surface area contributed by atoms with Crippen LogP contribution in [0.3, 0.4) is 0 Å². The summed E-state index contributed by atoms with van der Waals surface area (Å²) < 4.78 is 37.3. The van der Waals surface area contributed by atoms with Crippen LogP contribution >= 0.6 is 0 Å². The van der Waals surface area contributed by atoms with Crippen LogP contribution in [0.15, 0.2) is 30.3 Å². The van der Waals surface area contributed by atoms with E-state index in [1.165, 1.54) is 20.8 Å². The van der Waals surface area contributed by atoms with E-state index in [1.807, 2.05) is 13.8 Å². The van der Waals surface area contributed by atoms with Crippen molar-refractivity contribution in [1.29, 1.82) is 0 Å². The maximum atomic E-state index is 13.4. The van der Waals surface area contributed by atoms with Crippen molar-refractivity contribution in [3.63, 3.8) is 0 Å². The summed E-state index contributed by atoms with van der Waals surface area (Å²) in [6.07, 6.45) is -5.65. The van der Waals surface area contributed by atoms with Crippen LogP contribution in [0.25, 0.3) is 0 Å².